The molecule has 3 amide bonds. The summed E-state index contributed by atoms with van der Waals surface area (Å²) in [4.78, 5) is 43.0. The lowest BCUT2D eigenvalue weighted by atomic mass is 9.81. The Bertz CT molecular complexity index is 502. The minimum absolute atomic E-state index is 0.0377. The normalized spacial score (nSPS) is 28.0. The van der Waals surface area contributed by atoms with Crippen LogP contribution in [-0.4, -0.2) is 71.7 Å². The Morgan fingerprint density at radius 2 is 1.56 bits per heavy atom. The van der Waals surface area contributed by atoms with E-state index in [0.717, 1.165) is 58.4 Å². The fourth-order valence-electron chi connectivity index (χ4n) is 4.51. The van der Waals surface area contributed by atoms with E-state index in [9.17, 15) is 14.4 Å². The van der Waals surface area contributed by atoms with Gasteiger partial charge >= 0.3 is 0 Å². The zero-order valence-corrected chi connectivity index (χ0v) is 15.6. The third-order valence-electron chi connectivity index (χ3n) is 5.83. The van der Waals surface area contributed by atoms with Gasteiger partial charge in [0.25, 0.3) is 0 Å². The van der Waals surface area contributed by atoms with Crippen molar-refractivity contribution in [3.63, 3.8) is 0 Å². The summed E-state index contributed by atoms with van der Waals surface area (Å²) >= 11 is 0. The van der Waals surface area contributed by atoms with Crippen LogP contribution in [0.1, 0.15) is 46.0 Å². The Kier molecular flexibility index (Phi) is 5.77. The molecule has 0 bridgehead atoms. The van der Waals surface area contributed by atoms with Crippen LogP contribution in [0.5, 0.6) is 0 Å². The first-order valence-corrected chi connectivity index (χ1v) is 9.82. The van der Waals surface area contributed by atoms with E-state index in [1.165, 1.54) is 4.90 Å². The van der Waals surface area contributed by atoms with Gasteiger partial charge in [0.2, 0.25) is 17.7 Å². The van der Waals surface area contributed by atoms with Crippen LogP contribution < -0.4 is 0 Å². The predicted molar refractivity (Wildman–Crippen MR) is 94.6 cm³/mol. The molecule has 2 unspecified atom stereocenters. The summed E-state index contributed by atoms with van der Waals surface area (Å²) < 4.78 is 0. The molecular weight excluding hydrogens is 318 g/mol. The molecule has 1 saturated carbocycles. The van der Waals surface area contributed by atoms with Gasteiger partial charge in [0.05, 0.1) is 11.8 Å². The Labute approximate surface area is 150 Å². The molecule has 2 saturated heterocycles. The summed E-state index contributed by atoms with van der Waals surface area (Å²) in [7, 11) is 0. The second kappa shape index (κ2) is 7.85. The van der Waals surface area contributed by atoms with Crippen molar-refractivity contribution in [3.05, 3.63) is 0 Å². The van der Waals surface area contributed by atoms with Gasteiger partial charge in [-0.15, -0.1) is 0 Å². The Balaban J connectivity index is 1.46. The molecule has 25 heavy (non-hydrogen) atoms. The number of imide groups is 1. The molecule has 3 rings (SSSR count). The highest BCUT2D eigenvalue weighted by atomic mass is 16.2. The molecule has 3 aliphatic rings. The number of carbonyl (C=O) groups is 3. The van der Waals surface area contributed by atoms with Crippen molar-refractivity contribution >= 4 is 17.7 Å². The molecule has 140 valence electrons. The molecule has 2 aliphatic heterocycles. The van der Waals surface area contributed by atoms with Gasteiger partial charge in [-0.05, 0) is 18.8 Å². The topological polar surface area (TPSA) is 60.9 Å². The first-order chi connectivity index (χ1) is 12.0. The molecule has 0 aromatic carbocycles. The van der Waals surface area contributed by atoms with Gasteiger partial charge in [-0.3, -0.25) is 24.2 Å². The molecule has 0 radical (unpaired) electrons. The minimum Gasteiger partial charge on any atom is -0.340 e. The van der Waals surface area contributed by atoms with Crippen LogP contribution >= 0.6 is 0 Å². The smallest absolute Gasteiger partial charge is 0.233 e. The first kappa shape index (κ1) is 18.4. The third-order valence-corrected chi connectivity index (χ3v) is 5.83. The summed E-state index contributed by atoms with van der Waals surface area (Å²) in [6, 6.07) is 0. The fourth-order valence-corrected chi connectivity index (χ4v) is 4.51. The monoisotopic (exact) mass is 349 g/mol. The number of piperazine rings is 1. The molecule has 0 N–H and O–H groups in total. The van der Waals surface area contributed by atoms with Crippen LogP contribution in [0.4, 0.5) is 0 Å². The van der Waals surface area contributed by atoms with Crippen molar-refractivity contribution in [3.8, 4) is 0 Å². The van der Waals surface area contributed by atoms with Crippen molar-refractivity contribution in [1.29, 1.82) is 0 Å². The molecule has 0 aromatic rings. The number of hydrogen-bond acceptors (Lipinski definition) is 4. The van der Waals surface area contributed by atoms with Gasteiger partial charge in [0.1, 0.15) is 0 Å². The van der Waals surface area contributed by atoms with Crippen LogP contribution in [0.15, 0.2) is 0 Å². The third kappa shape index (κ3) is 4.05. The fraction of sp³-hybridized carbons (Fsp3) is 0.842. The van der Waals surface area contributed by atoms with Gasteiger partial charge < -0.3 is 4.90 Å². The predicted octanol–water partition coefficient (Wildman–Crippen LogP) is 1.35. The molecule has 6 heteroatoms. The van der Waals surface area contributed by atoms with Gasteiger partial charge in [-0.1, -0.05) is 26.7 Å². The van der Waals surface area contributed by atoms with Crippen LogP contribution in [-0.2, 0) is 14.4 Å². The maximum Gasteiger partial charge on any atom is 0.233 e. The van der Waals surface area contributed by atoms with E-state index in [1.807, 2.05) is 4.90 Å². The van der Waals surface area contributed by atoms with E-state index in [1.54, 1.807) is 0 Å². The number of amides is 3. The molecule has 6 nitrogen and oxygen atoms in total. The van der Waals surface area contributed by atoms with Crippen LogP contribution in [0.25, 0.3) is 0 Å². The second-order valence-corrected chi connectivity index (χ2v) is 8.15. The van der Waals surface area contributed by atoms with E-state index in [2.05, 4.69) is 18.7 Å². The molecule has 0 spiro atoms. The Morgan fingerprint density at radius 1 is 1.00 bits per heavy atom. The number of nitrogens with zero attached hydrogens (tertiary/aromatic N) is 3. The van der Waals surface area contributed by atoms with Crippen molar-refractivity contribution < 1.29 is 14.4 Å². The summed E-state index contributed by atoms with van der Waals surface area (Å²) in [6.07, 6.45) is 4.00. The number of rotatable bonds is 5. The Hall–Kier alpha value is -1.43. The number of likely N-dealkylation sites (tertiary alicyclic amines) is 1. The van der Waals surface area contributed by atoms with Crippen molar-refractivity contribution in [2.75, 3.05) is 39.3 Å². The lowest BCUT2D eigenvalue weighted by Gasteiger charge is -2.35. The average molecular weight is 349 g/mol. The quantitative estimate of drug-likeness (QED) is 0.703. The van der Waals surface area contributed by atoms with Crippen molar-refractivity contribution in [1.82, 2.24) is 14.7 Å². The van der Waals surface area contributed by atoms with E-state index in [4.69, 9.17) is 0 Å². The maximum atomic E-state index is 12.5. The second-order valence-electron chi connectivity index (χ2n) is 8.15. The molecular formula is C19H31N3O3. The van der Waals surface area contributed by atoms with Crippen molar-refractivity contribution in [2.45, 2.75) is 46.0 Å². The zero-order valence-electron chi connectivity index (χ0n) is 15.6. The maximum absolute atomic E-state index is 12.5. The van der Waals surface area contributed by atoms with Crippen molar-refractivity contribution in [2.24, 2.45) is 17.8 Å². The number of fused-ring (bicyclic) bond motifs is 1. The standard InChI is InChI=1S/C19H31N3O3/c1-14(2)13-20-9-11-21(12-10-20)17(23)7-8-22-18(24)15-5-3-4-6-16(15)19(22)25/h14-16H,3-13H2,1-2H3. The number of hydrogen-bond donors (Lipinski definition) is 0. The molecule has 0 aromatic heterocycles. The largest absolute Gasteiger partial charge is 0.340 e. The highest BCUT2D eigenvalue weighted by Gasteiger charge is 2.47. The van der Waals surface area contributed by atoms with Crippen LogP contribution in [0.2, 0.25) is 0 Å². The molecule has 1 aliphatic carbocycles. The number of carbonyl (C=O) groups excluding carboxylic acids is 3. The Morgan fingerprint density at radius 3 is 2.08 bits per heavy atom. The van der Waals surface area contributed by atoms with E-state index in [0.29, 0.717) is 5.92 Å². The van der Waals surface area contributed by atoms with E-state index >= 15 is 0 Å². The van der Waals surface area contributed by atoms with Crippen LogP contribution in [0, 0.1) is 17.8 Å². The van der Waals surface area contributed by atoms with Gasteiger partial charge in [-0.25, -0.2) is 0 Å². The first-order valence-electron chi connectivity index (χ1n) is 9.82. The molecule has 3 fully saturated rings. The van der Waals surface area contributed by atoms with E-state index < -0.39 is 0 Å². The highest BCUT2D eigenvalue weighted by molar-refractivity contribution is 6.05. The highest BCUT2D eigenvalue weighted by Crippen LogP contribution is 2.37. The lowest BCUT2D eigenvalue weighted by Crippen LogP contribution is -2.50. The van der Waals surface area contributed by atoms with Crippen LogP contribution in [0.3, 0.4) is 0 Å². The summed E-state index contributed by atoms with van der Waals surface area (Å²) in [5.41, 5.74) is 0. The molecule has 2 heterocycles. The minimum atomic E-state index is -0.115. The average Bonchev–Trinajstić information content (AvgIpc) is 2.84. The lowest BCUT2D eigenvalue weighted by molar-refractivity contribution is -0.141. The van der Waals surface area contributed by atoms with Gasteiger partial charge in [0, 0.05) is 45.7 Å². The SMILES string of the molecule is CC(C)CN1CCN(C(=O)CCN2C(=O)C3CCCCC3C2=O)CC1. The summed E-state index contributed by atoms with van der Waals surface area (Å²) in [5, 5.41) is 0. The summed E-state index contributed by atoms with van der Waals surface area (Å²) in [5.74, 6) is 0.401. The summed E-state index contributed by atoms with van der Waals surface area (Å²) in [6.45, 7) is 9.07. The van der Waals surface area contributed by atoms with Gasteiger partial charge in [0.15, 0.2) is 0 Å². The zero-order chi connectivity index (χ0) is 18.0. The van der Waals surface area contributed by atoms with E-state index in [-0.39, 0.29) is 42.5 Å². The van der Waals surface area contributed by atoms with Gasteiger partial charge in [-0.2, -0.15) is 0 Å². The molecule has 2 atom stereocenters.